The average molecular weight is 1060 g/mol. The average Bonchev–Trinajstić information content (AvgIpc) is 3.34. The monoisotopic (exact) mass is 1060 g/mol. The third-order valence-electron chi connectivity index (χ3n) is 13.1. The van der Waals surface area contributed by atoms with Crippen LogP contribution in [0.3, 0.4) is 0 Å². The molecular formula is C40H68N2O30. The molecule has 0 unspecified atom stereocenters. The van der Waals surface area contributed by atoms with E-state index < -0.39 is 229 Å². The molecule has 0 spiro atoms. The van der Waals surface area contributed by atoms with Gasteiger partial charge in [-0.15, -0.1) is 0 Å². The van der Waals surface area contributed by atoms with E-state index in [0.717, 1.165) is 13.8 Å². The fourth-order valence-corrected chi connectivity index (χ4v) is 8.96. The van der Waals surface area contributed by atoms with E-state index in [2.05, 4.69) is 10.6 Å². The Morgan fingerprint density at radius 3 is 1.25 bits per heavy atom. The summed E-state index contributed by atoms with van der Waals surface area (Å²) in [6.07, 6.45) is -49.9. The molecule has 0 aromatic carbocycles. The fourth-order valence-electron chi connectivity index (χ4n) is 8.96. The topological polar surface area (TPSA) is 504 Å². The van der Waals surface area contributed by atoms with Gasteiger partial charge in [-0.25, -0.2) is 0 Å². The van der Waals surface area contributed by atoms with Crippen LogP contribution in [0.4, 0.5) is 0 Å². The predicted octanol–water partition coefficient (Wildman–Crippen LogP) is -12.8. The summed E-state index contributed by atoms with van der Waals surface area (Å²) in [6, 6.07) is -3.32. The molecule has 6 rings (SSSR count). The van der Waals surface area contributed by atoms with Crippen LogP contribution < -0.4 is 10.6 Å². The molecule has 0 aliphatic carbocycles. The Labute approximate surface area is 408 Å². The minimum Gasteiger partial charge on any atom is -0.394 e. The van der Waals surface area contributed by atoms with Gasteiger partial charge in [-0.05, 0) is 6.92 Å². The lowest BCUT2D eigenvalue weighted by Crippen LogP contribution is -2.70. The molecule has 30 atom stereocenters. The number of ether oxygens (including phenoxy) is 11. The second-order valence-corrected chi connectivity index (χ2v) is 18.3. The van der Waals surface area contributed by atoms with Gasteiger partial charge in [0, 0.05) is 13.8 Å². The van der Waals surface area contributed by atoms with Crippen LogP contribution in [0.25, 0.3) is 0 Å². The highest BCUT2D eigenvalue weighted by Crippen LogP contribution is 2.34. The van der Waals surface area contributed by atoms with Crippen molar-refractivity contribution in [2.24, 2.45) is 0 Å². The van der Waals surface area contributed by atoms with Crippen LogP contribution in [0, 0.1) is 0 Å². The number of aliphatic hydroxyl groups is 17. The van der Waals surface area contributed by atoms with Crippen molar-refractivity contribution in [2.45, 2.75) is 205 Å². The number of hydrogen-bond donors (Lipinski definition) is 19. The first-order valence-electron chi connectivity index (χ1n) is 23.0. The molecule has 6 aliphatic rings. The molecule has 0 saturated carbocycles. The maximum Gasteiger partial charge on any atom is 0.217 e. The van der Waals surface area contributed by atoms with E-state index in [-0.39, 0.29) is 0 Å². The van der Waals surface area contributed by atoms with Crippen molar-refractivity contribution in [2.75, 3.05) is 33.0 Å². The Kier molecular flexibility index (Phi) is 20.8. The maximum atomic E-state index is 12.6. The second kappa shape index (κ2) is 25.3. The lowest BCUT2D eigenvalue weighted by Gasteiger charge is -2.49. The standard InChI is InChI=1S/C40H68N2O30/c1-9-19(47)25(53)29(57)37(65-9)64-8-16-34(23(51)17(35(61)66-16)41-10(2)45)71-36-18(42-11(3)46)24(52)33(13(5-44)68-36)72-40-32(60)28(56)22(50)15(70-40)7-63-39-31(59)27(55)21(49)14(69-39)6-62-38-30(58)26(54)20(48)12(4-43)67-38/h9,12-40,43-44,47-61H,4-8H2,1-3H3,(H,41,45)(H,42,46)/t9-,12+,13+,14+,15+,16+,17+,18+,19+,20+,21+,22+,23+,24+,25+,26-,27-,28-,29-,30-,31-,32-,33+,34+,35+,36-,37+,38+,39-,40-/m0/s1. The van der Waals surface area contributed by atoms with Crippen molar-refractivity contribution >= 4 is 11.8 Å². The highest BCUT2D eigenvalue weighted by atomic mass is 16.8. The van der Waals surface area contributed by atoms with Crippen LogP contribution in [0.15, 0.2) is 0 Å². The van der Waals surface area contributed by atoms with Crippen LogP contribution >= 0.6 is 0 Å². The zero-order chi connectivity index (χ0) is 53.2. The molecule has 6 saturated heterocycles. The maximum absolute atomic E-state index is 12.6. The van der Waals surface area contributed by atoms with Crippen molar-refractivity contribution in [3.8, 4) is 0 Å². The fraction of sp³-hybridized carbons (Fsp3) is 0.950. The molecule has 6 fully saturated rings. The largest absolute Gasteiger partial charge is 0.394 e. The van der Waals surface area contributed by atoms with E-state index in [0.29, 0.717) is 0 Å². The number of aliphatic hydroxyl groups excluding tert-OH is 17. The Hall–Kier alpha value is -2.18. The van der Waals surface area contributed by atoms with Gasteiger partial charge in [0.15, 0.2) is 37.7 Å². The number of carbonyl (C=O) groups excluding carboxylic acids is 2. The molecule has 0 aromatic heterocycles. The quantitative estimate of drug-likeness (QED) is 0.0643. The van der Waals surface area contributed by atoms with E-state index in [1.165, 1.54) is 6.92 Å². The van der Waals surface area contributed by atoms with Gasteiger partial charge in [0.1, 0.15) is 140 Å². The second-order valence-electron chi connectivity index (χ2n) is 18.3. The summed E-state index contributed by atoms with van der Waals surface area (Å²) >= 11 is 0. The Bertz CT molecular complexity index is 1730. The predicted molar refractivity (Wildman–Crippen MR) is 221 cm³/mol. The van der Waals surface area contributed by atoms with Gasteiger partial charge in [-0.1, -0.05) is 0 Å². The van der Waals surface area contributed by atoms with Gasteiger partial charge in [0.2, 0.25) is 11.8 Å². The third kappa shape index (κ3) is 13.0. The van der Waals surface area contributed by atoms with Crippen LogP contribution in [-0.2, 0) is 61.7 Å². The lowest BCUT2D eigenvalue weighted by atomic mass is 9.94. The van der Waals surface area contributed by atoms with E-state index in [1.807, 2.05) is 0 Å². The van der Waals surface area contributed by atoms with E-state index in [1.54, 1.807) is 0 Å². The van der Waals surface area contributed by atoms with Crippen molar-refractivity contribution < 1.29 is 149 Å². The number of hydrogen-bond acceptors (Lipinski definition) is 30. The summed E-state index contributed by atoms with van der Waals surface area (Å²) in [6.45, 7) is -0.605. The number of carbonyl (C=O) groups is 2. The SMILES string of the molecule is CC(=O)N[C@@H]1[C@@H](O)[C@H](O[C@@H]2O[C@H](CO)[C@@H](O[C@@H]3O[C@H](CO[C@H]4O[C@H](CO[C@@H]5O[C@H](CO)[C@@H](O)[C@H](O)[C@@H]5O)[C@@H](O)[C@H](O)[C@@H]4O)[C@@H](O)[C@H](O)[C@@H]3O)[C@H](O)[C@H]2NC(C)=O)[C@@H](CO[C@@H]2O[C@@H](C)[C@@H](O)[C@@H](O)[C@@H]2O)O[C@H]1O. The summed E-state index contributed by atoms with van der Waals surface area (Å²) in [4.78, 5) is 24.6. The van der Waals surface area contributed by atoms with Gasteiger partial charge in [-0.2, -0.15) is 0 Å². The van der Waals surface area contributed by atoms with E-state index >= 15 is 0 Å². The van der Waals surface area contributed by atoms with Crippen molar-refractivity contribution in [3.05, 3.63) is 0 Å². The van der Waals surface area contributed by atoms with Gasteiger partial charge in [0.05, 0.1) is 39.1 Å². The van der Waals surface area contributed by atoms with E-state index in [4.69, 9.17) is 52.1 Å². The first-order chi connectivity index (χ1) is 33.9. The molecule has 72 heavy (non-hydrogen) atoms. The summed E-state index contributed by atoms with van der Waals surface area (Å²) in [7, 11) is 0. The molecule has 2 amide bonds. The van der Waals surface area contributed by atoms with Gasteiger partial charge < -0.3 is 150 Å². The Morgan fingerprint density at radius 2 is 0.750 bits per heavy atom. The molecular weight excluding hydrogens is 988 g/mol. The minimum atomic E-state index is -2.13. The smallest absolute Gasteiger partial charge is 0.217 e. The van der Waals surface area contributed by atoms with Crippen LogP contribution in [0.5, 0.6) is 0 Å². The van der Waals surface area contributed by atoms with Crippen molar-refractivity contribution in [1.82, 2.24) is 10.6 Å². The number of rotatable bonds is 17. The summed E-state index contributed by atoms with van der Waals surface area (Å²) in [5.74, 6) is -1.56. The summed E-state index contributed by atoms with van der Waals surface area (Å²) < 4.78 is 62.1. The third-order valence-corrected chi connectivity index (χ3v) is 13.1. The Balaban J connectivity index is 1.14. The molecule has 6 aliphatic heterocycles. The van der Waals surface area contributed by atoms with Gasteiger partial charge >= 0.3 is 0 Å². The first-order valence-corrected chi connectivity index (χ1v) is 23.0. The van der Waals surface area contributed by atoms with Crippen LogP contribution in [0.1, 0.15) is 20.8 Å². The lowest BCUT2D eigenvalue weighted by molar-refractivity contribution is -0.368. The van der Waals surface area contributed by atoms with Crippen molar-refractivity contribution in [3.63, 3.8) is 0 Å². The number of nitrogens with one attached hydrogen (secondary N) is 2. The Morgan fingerprint density at radius 1 is 0.389 bits per heavy atom. The molecule has 0 bridgehead atoms. The highest BCUT2D eigenvalue weighted by Gasteiger charge is 2.56. The highest BCUT2D eigenvalue weighted by molar-refractivity contribution is 5.73. The molecule has 0 radical (unpaired) electrons. The number of amides is 2. The van der Waals surface area contributed by atoms with Crippen molar-refractivity contribution in [1.29, 1.82) is 0 Å². The molecule has 19 N–H and O–H groups in total. The normalized spacial score (nSPS) is 50.3. The van der Waals surface area contributed by atoms with Gasteiger partial charge in [0.25, 0.3) is 0 Å². The molecule has 0 aromatic rings. The summed E-state index contributed by atoms with van der Waals surface area (Å²) in [5, 5.41) is 185. The van der Waals surface area contributed by atoms with E-state index in [9.17, 15) is 96.4 Å². The molecule has 418 valence electrons. The zero-order valence-corrected chi connectivity index (χ0v) is 38.8. The minimum absolute atomic E-state index is 0.705. The van der Waals surface area contributed by atoms with Crippen LogP contribution in [0.2, 0.25) is 0 Å². The molecule has 32 nitrogen and oxygen atoms in total. The van der Waals surface area contributed by atoms with Crippen LogP contribution in [-0.4, -0.2) is 316 Å². The molecule has 6 heterocycles. The molecule has 32 heteroatoms. The zero-order valence-electron chi connectivity index (χ0n) is 38.8. The summed E-state index contributed by atoms with van der Waals surface area (Å²) in [5.41, 5.74) is 0. The first kappa shape index (κ1) is 59.1. The van der Waals surface area contributed by atoms with Gasteiger partial charge in [-0.3, -0.25) is 9.59 Å².